The second-order valence-electron chi connectivity index (χ2n) is 8.39. The number of aryl methyl sites for hydroxylation is 2. The maximum Gasteiger partial charge on any atom is 0.252 e. The maximum absolute atomic E-state index is 13.2. The minimum absolute atomic E-state index is 0.0204. The zero-order chi connectivity index (χ0) is 23.8. The lowest BCUT2D eigenvalue weighted by atomic mass is 10.1. The van der Waals surface area contributed by atoms with E-state index in [0.717, 1.165) is 10.4 Å². The van der Waals surface area contributed by atoms with Crippen molar-refractivity contribution in [2.75, 3.05) is 38.6 Å². The van der Waals surface area contributed by atoms with Crippen molar-refractivity contribution >= 4 is 38.3 Å². The molecule has 0 atom stereocenters. The molecular weight excluding hydrogens is 462 g/mol. The van der Waals surface area contributed by atoms with Gasteiger partial charge in [0.05, 0.1) is 41.8 Å². The Morgan fingerprint density at radius 1 is 1.24 bits per heavy atom. The Labute approximate surface area is 197 Å². The van der Waals surface area contributed by atoms with Gasteiger partial charge in [-0.1, -0.05) is 0 Å². The predicted octanol–water partition coefficient (Wildman–Crippen LogP) is 2.75. The van der Waals surface area contributed by atoms with Crippen LogP contribution in [0.15, 0.2) is 18.3 Å². The number of hydrogen-bond donors (Lipinski definition) is 1. The van der Waals surface area contributed by atoms with Gasteiger partial charge in [-0.3, -0.25) is 4.79 Å². The normalized spacial score (nSPS) is 15.4. The molecule has 1 aliphatic rings. The number of sulfonamides is 1. The lowest BCUT2D eigenvalue weighted by molar-refractivity contribution is 0.0730. The molecule has 3 aromatic rings. The van der Waals surface area contributed by atoms with Gasteiger partial charge >= 0.3 is 0 Å². The fourth-order valence-corrected chi connectivity index (χ4v) is 6.21. The van der Waals surface area contributed by atoms with Gasteiger partial charge < -0.3 is 10.1 Å². The van der Waals surface area contributed by atoms with Crippen LogP contribution >= 0.6 is 11.3 Å². The first-order chi connectivity index (χ1) is 15.7. The van der Waals surface area contributed by atoms with Crippen LogP contribution in [0.3, 0.4) is 0 Å². The fraction of sp³-hybridized carbons (Fsp3) is 0.500. The second-order valence-corrected chi connectivity index (χ2v) is 11.9. The maximum atomic E-state index is 13.2. The number of hydrogen-bond acceptors (Lipinski definition) is 7. The van der Waals surface area contributed by atoms with Gasteiger partial charge in [0.15, 0.2) is 5.65 Å². The van der Waals surface area contributed by atoms with E-state index in [1.54, 1.807) is 28.3 Å². The summed E-state index contributed by atoms with van der Waals surface area (Å²) >= 11 is 1.68. The van der Waals surface area contributed by atoms with Gasteiger partial charge in [-0.05, 0) is 39.8 Å². The third-order valence-electron chi connectivity index (χ3n) is 5.63. The number of rotatable bonds is 7. The Morgan fingerprint density at radius 2 is 1.97 bits per heavy atom. The van der Waals surface area contributed by atoms with Crippen molar-refractivity contribution in [3.05, 3.63) is 33.6 Å². The van der Waals surface area contributed by atoms with Crippen molar-refractivity contribution in [2.45, 2.75) is 33.7 Å². The van der Waals surface area contributed by atoms with Crippen LogP contribution in [0.1, 0.15) is 40.0 Å². The van der Waals surface area contributed by atoms with Gasteiger partial charge in [-0.2, -0.15) is 9.40 Å². The molecule has 0 bridgehead atoms. The molecule has 0 aliphatic carbocycles. The number of fused-ring (bicyclic) bond motifs is 1. The Balaban J connectivity index is 1.62. The lowest BCUT2D eigenvalue weighted by Gasteiger charge is -2.26. The molecule has 0 aromatic carbocycles. The molecule has 1 amide bonds. The van der Waals surface area contributed by atoms with Crippen LogP contribution < -0.4 is 5.32 Å². The molecule has 0 unspecified atom stereocenters. The monoisotopic (exact) mass is 491 g/mol. The van der Waals surface area contributed by atoms with Crippen LogP contribution in [0.25, 0.3) is 22.3 Å². The summed E-state index contributed by atoms with van der Waals surface area (Å²) in [5.41, 5.74) is 2.77. The van der Waals surface area contributed by atoms with E-state index in [4.69, 9.17) is 9.72 Å². The second kappa shape index (κ2) is 9.49. The Morgan fingerprint density at radius 3 is 2.61 bits per heavy atom. The van der Waals surface area contributed by atoms with E-state index in [0.29, 0.717) is 48.6 Å². The number of nitrogens with zero attached hydrogens (tertiary/aromatic N) is 4. The summed E-state index contributed by atoms with van der Waals surface area (Å²) in [5.74, 6) is -0.498. The highest BCUT2D eigenvalue weighted by atomic mass is 32.2. The number of aromatic nitrogens is 3. The van der Waals surface area contributed by atoms with Crippen molar-refractivity contribution in [3.63, 3.8) is 0 Å². The molecule has 0 spiro atoms. The number of carbonyl (C=O) groups is 1. The van der Waals surface area contributed by atoms with Crippen molar-refractivity contribution in [1.82, 2.24) is 24.4 Å². The highest BCUT2D eigenvalue weighted by Gasteiger charge is 2.25. The quantitative estimate of drug-likeness (QED) is 0.545. The summed E-state index contributed by atoms with van der Waals surface area (Å²) in [7, 11) is -3.45. The van der Waals surface area contributed by atoms with E-state index in [1.807, 2.05) is 27.7 Å². The number of pyridine rings is 1. The molecule has 4 rings (SSSR count). The van der Waals surface area contributed by atoms with Crippen LogP contribution in [0.5, 0.6) is 0 Å². The highest BCUT2D eigenvalue weighted by molar-refractivity contribution is 7.89. The van der Waals surface area contributed by atoms with Crippen LogP contribution in [-0.2, 0) is 14.8 Å². The van der Waals surface area contributed by atoms with E-state index in [-0.39, 0.29) is 24.2 Å². The summed E-state index contributed by atoms with van der Waals surface area (Å²) < 4.78 is 33.6. The van der Waals surface area contributed by atoms with Crippen molar-refractivity contribution in [3.8, 4) is 11.3 Å². The van der Waals surface area contributed by atoms with Crippen molar-refractivity contribution in [1.29, 1.82) is 0 Å². The molecule has 1 saturated heterocycles. The van der Waals surface area contributed by atoms with E-state index < -0.39 is 10.0 Å². The van der Waals surface area contributed by atoms with Crippen LogP contribution in [0.2, 0.25) is 0 Å². The van der Waals surface area contributed by atoms with E-state index in [1.165, 1.54) is 9.18 Å². The average Bonchev–Trinajstić information content (AvgIpc) is 3.36. The molecule has 3 aromatic heterocycles. The van der Waals surface area contributed by atoms with Crippen LogP contribution in [0.4, 0.5) is 0 Å². The minimum Gasteiger partial charge on any atom is -0.379 e. The molecule has 11 heteroatoms. The fourth-order valence-electron chi connectivity index (χ4n) is 3.95. The van der Waals surface area contributed by atoms with Crippen molar-refractivity contribution in [2.24, 2.45) is 0 Å². The number of ether oxygens (including phenoxy) is 1. The molecule has 33 heavy (non-hydrogen) atoms. The summed E-state index contributed by atoms with van der Waals surface area (Å²) in [6, 6.07) is 3.92. The summed E-state index contributed by atoms with van der Waals surface area (Å²) in [4.78, 5) is 20.3. The molecule has 1 aliphatic heterocycles. The highest BCUT2D eigenvalue weighted by Crippen LogP contribution is 2.32. The summed E-state index contributed by atoms with van der Waals surface area (Å²) in [6.07, 6.45) is 1.65. The zero-order valence-electron chi connectivity index (χ0n) is 19.3. The molecule has 1 fully saturated rings. The number of nitrogens with one attached hydrogen (secondary N) is 1. The smallest absolute Gasteiger partial charge is 0.252 e. The van der Waals surface area contributed by atoms with Crippen LogP contribution in [0, 0.1) is 13.8 Å². The van der Waals surface area contributed by atoms with Gasteiger partial charge in [0.2, 0.25) is 10.0 Å². The van der Waals surface area contributed by atoms with Crippen molar-refractivity contribution < 1.29 is 17.9 Å². The molecule has 9 nitrogen and oxygen atoms in total. The average molecular weight is 492 g/mol. The third-order valence-corrected chi connectivity index (χ3v) is 8.46. The number of amides is 1. The Bertz CT molecular complexity index is 1270. The summed E-state index contributed by atoms with van der Waals surface area (Å²) in [6.45, 7) is 9.60. The SMILES string of the molecule is Cc1cc(-c2cc(C(=O)NCCS(=O)(=O)N3CCOCC3)c3cnn(C(C)C)c3n2)c(C)s1. The first kappa shape index (κ1) is 23.8. The number of carbonyl (C=O) groups excluding carboxylic acids is 1. The van der Waals surface area contributed by atoms with E-state index in [2.05, 4.69) is 16.5 Å². The molecule has 0 radical (unpaired) electrons. The zero-order valence-corrected chi connectivity index (χ0v) is 20.9. The standard InChI is InChI=1S/C22H29N5O4S2/c1-14(2)27-21-19(13-24-27)18(12-20(25-21)17-11-15(3)32-16(17)4)22(28)23-5-10-33(29,30)26-6-8-31-9-7-26/h11-14H,5-10H2,1-4H3,(H,23,28). The molecule has 1 N–H and O–H groups in total. The van der Waals surface area contributed by atoms with Gasteiger partial charge in [-0.15, -0.1) is 11.3 Å². The lowest BCUT2D eigenvalue weighted by Crippen LogP contribution is -2.43. The van der Waals surface area contributed by atoms with Gasteiger partial charge in [0.1, 0.15) is 0 Å². The van der Waals surface area contributed by atoms with Crippen LogP contribution in [-0.4, -0.2) is 72.0 Å². The van der Waals surface area contributed by atoms with Gasteiger partial charge in [-0.25, -0.2) is 18.1 Å². The number of thiophene rings is 1. The predicted molar refractivity (Wildman–Crippen MR) is 129 cm³/mol. The first-order valence-corrected chi connectivity index (χ1v) is 13.4. The minimum atomic E-state index is -3.45. The topological polar surface area (TPSA) is 106 Å². The molecule has 4 heterocycles. The van der Waals surface area contributed by atoms with E-state index >= 15 is 0 Å². The first-order valence-electron chi connectivity index (χ1n) is 11.0. The Kier molecular flexibility index (Phi) is 6.85. The third kappa shape index (κ3) is 4.96. The van der Waals surface area contributed by atoms with E-state index in [9.17, 15) is 13.2 Å². The number of morpholine rings is 1. The molecular formula is C22H29N5O4S2. The Hall–Kier alpha value is -2.34. The largest absolute Gasteiger partial charge is 0.379 e. The van der Waals surface area contributed by atoms with Gasteiger partial charge in [0.25, 0.3) is 5.91 Å². The molecule has 0 saturated carbocycles. The summed E-state index contributed by atoms with van der Waals surface area (Å²) in [5, 5.41) is 7.87. The van der Waals surface area contributed by atoms with Gasteiger partial charge in [0, 0.05) is 41.0 Å². The molecule has 178 valence electrons.